The lowest BCUT2D eigenvalue weighted by atomic mass is 9.82. The third-order valence-electron chi connectivity index (χ3n) is 5.29. The molecular formula is C21H20BrN3O4. The van der Waals surface area contributed by atoms with Crippen molar-refractivity contribution in [2.75, 3.05) is 13.2 Å². The Kier molecular flexibility index (Phi) is 5.38. The summed E-state index contributed by atoms with van der Waals surface area (Å²) >= 11 is 3.48. The predicted octanol–water partition coefficient (Wildman–Crippen LogP) is 2.27. The van der Waals surface area contributed by atoms with Gasteiger partial charge in [-0.25, -0.2) is 4.79 Å². The number of benzene rings is 2. The Bertz CT molecular complexity index is 1180. The summed E-state index contributed by atoms with van der Waals surface area (Å²) in [5.41, 5.74) is -0.278. The number of hydrogen-bond acceptors (Lipinski definition) is 4. The standard InChI is InChI=1S/C21H20BrN3O4/c22-15-5-3-4-14(12-15)21(8-10-29-11-9-21)24-18(26)13-25-19(27)16-6-1-2-7-17(16)23-20(25)28/h1-7,12H,8-11,13H2,(H,23,28)(H,24,26). The van der Waals surface area contributed by atoms with Crippen molar-refractivity contribution in [3.63, 3.8) is 0 Å². The van der Waals surface area contributed by atoms with Gasteiger partial charge in [0.2, 0.25) is 5.91 Å². The molecule has 2 aromatic carbocycles. The Balaban J connectivity index is 1.65. The van der Waals surface area contributed by atoms with Gasteiger partial charge in [0.25, 0.3) is 5.56 Å². The number of H-pyrrole nitrogens is 1. The Hall–Kier alpha value is -2.71. The zero-order valence-corrected chi connectivity index (χ0v) is 17.2. The highest BCUT2D eigenvalue weighted by molar-refractivity contribution is 9.10. The highest BCUT2D eigenvalue weighted by Gasteiger charge is 2.36. The van der Waals surface area contributed by atoms with E-state index in [-0.39, 0.29) is 6.54 Å². The van der Waals surface area contributed by atoms with Crippen molar-refractivity contribution < 1.29 is 9.53 Å². The molecule has 7 nitrogen and oxygen atoms in total. The second kappa shape index (κ2) is 7.96. The molecule has 1 aliphatic heterocycles. The fourth-order valence-corrected chi connectivity index (χ4v) is 4.18. The monoisotopic (exact) mass is 457 g/mol. The smallest absolute Gasteiger partial charge is 0.329 e. The topological polar surface area (TPSA) is 93.2 Å². The maximum atomic E-state index is 12.9. The minimum Gasteiger partial charge on any atom is -0.381 e. The van der Waals surface area contributed by atoms with Gasteiger partial charge in [0, 0.05) is 17.7 Å². The van der Waals surface area contributed by atoms with Gasteiger partial charge in [-0.1, -0.05) is 40.2 Å². The number of rotatable bonds is 4. The molecule has 1 fully saturated rings. The summed E-state index contributed by atoms with van der Waals surface area (Å²) in [5.74, 6) is -0.394. The van der Waals surface area contributed by atoms with Crippen molar-refractivity contribution in [3.05, 3.63) is 79.4 Å². The van der Waals surface area contributed by atoms with Gasteiger partial charge in [0.05, 0.1) is 16.4 Å². The van der Waals surface area contributed by atoms with E-state index >= 15 is 0 Å². The van der Waals surface area contributed by atoms with Crippen molar-refractivity contribution >= 4 is 32.7 Å². The van der Waals surface area contributed by atoms with Gasteiger partial charge < -0.3 is 15.0 Å². The van der Waals surface area contributed by atoms with Crippen LogP contribution >= 0.6 is 15.9 Å². The van der Waals surface area contributed by atoms with Gasteiger partial charge in [0.1, 0.15) is 6.54 Å². The molecule has 1 saturated heterocycles. The number of carbonyl (C=O) groups is 1. The van der Waals surface area contributed by atoms with Crippen LogP contribution in [0.3, 0.4) is 0 Å². The molecule has 0 saturated carbocycles. The van der Waals surface area contributed by atoms with Gasteiger partial charge >= 0.3 is 5.69 Å². The van der Waals surface area contributed by atoms with E-state index < -0.39 is 22.7 Å². The molecule has 0 aliphatic carbocycles. The van der Waals surface area contributed by atoms with E-state index in [1.54, 1.807) is 24.3 Å². The molecule has 0 unspecified atom stereocenters. The average Bonchev–Trinajstić information content (AvgIpc) is 2.72. The van der Waals surface area contributed by atoms with Crippen LogP contribution < -0.4 is 16.6 Å². The van der Waals surface area contributed by atoms with Gasteiger partial charge in [-0.2, -0.15) is 0 Å². The molecule has 1 amide bonds. The first-order valence-electron chi connectivity index (χ1n) is 9.35. The van der Waals surface area contributed by atoms with Crippen LogP contribution in [0.5, 0.6) is 0 Å². The van der Waals surface area contributed by atoms with Crippen LogP contribution in [-0.4, -0.2) is 28.7 Å². The Labute approximate surface area is 174 Å². The Morgan fingerprint density at radius 1 is 1.14 bits per heavy atom. The number of ether oxygens (including phenoxy) is 1. The van der Waals surface area contributed by atoms with E-state index in [9.17, 15) is 14.4 Å². The second-order valence-electron chi connectivity index (χ2n) is 7.12. The Morgan fingerprint density at radius 2 is 1.90 bits per heavy atom. The van der Waals surface area contributed by atoms with Crippen LogP contribution in [0.25, 0.3) is 10.9 Å². The van der Waals surface area contributed by atoms with Crippen molar-refractivity contribution in [3.8, 4) is 0 Å². The summed E-state index contributed by atoms with van der Waals surface area (Å²) in [6, 6.07) is 14.5. The maximum Gasteiger partial charge on any atom is 0.329 e. The largest absolute Gasteiger partial charge is 0.381 e. The molecule has 150 valence electrons. The molecule has 0 radical (unpaired) electrons. The molecular weight excluding hydrogens is 438 g/mol. The molecule has 0 atom stereocenters. The summed E-state index contributed by atoms with van der Waals surface area (Å²) in [5, 5.41) is 3.44. The molecule has 3 aromatic rings. The lowest BCUT2D eigenvalue weighted by molar-refractivity contribution is -0.125. The zero-order chi connectivity index (χ0) is 20.4. The van der Waals surface area contributed by atoms with Crippen molar-refractivity contribution in [2.45, 2.75) is 24.9 Å². The highest BCUT2D eigenvalue weighted by Crippen LogP contribution is 2.33. The number of para-hydroxylation sites is 1. The van der Waals surface area contributed by atoms with Crippen molar-refractivity contribution in [1.82, 2.24) is 14.9 Å². The minimum absolute atomic E-state index is 0.352. The van der Waals surface area contributed by atoms with Crippen molar-refractivity contribution in [2.24, 2.45) is 0 Å². The molecule has 1 aliphatic rings. The van der Waals surface area contributed by atoms with Crippen molar-refractivity contribution in [1.29, 1.82) is 0 Å². The fourth-order valence-electron chi connectivity index (χ4n) is 3.78. The van der Waals surface area contributed by atoms with Crippen LogP contribution in [0, 0.1) is 0 Å². The molecule has 1 aromatic heterocycles. The SMILES string of the molecule is O=C(Cn1c(=O)[nH]c2ccccc2c1=O)NC1(c2cccc(Br)c2)CCOCC1. The second-order valence-corrected chi connectivity index (χ2v) is 8.04. The number of nitrogens with one attached hydrogen (secondary N) is 2. The summed E-state index contributed by atoms with van der Waals surface area (Å²) < 4.78 is 7.34. The first kappa shape index (κ1) is 19.6. The Morgan fingerprint density at radius 3 is 2.66 bits per heavy atom. The molecule has 2 N–H and O–H groups in total. The number of nitrogens with zero attached hydrogens (tertiary/aromatic N) is 1. The van der Waals surface area contributed by atoms with E-state index in [1.165, 1.54) is 0 Å². The zero-order valence-electron chi connectivity index (χ0n) is 15.6. The van der Waals surface area contributed by atoms with E-state index in [0.29, 0.717) is 37.0 Å². The van der Waals surface area contributed by atoms with Crippen LogP contribution in [0.15, 0.2) is 62.6 Å². The molecule has 8 heteroatoms. The normalized spacial score (nSPS) is 15.9. The number of carbonyl (C=O) groups excluding carboxylic acids is 1. The maximum absolute atomic E-state index is 12.9. The van der Waals surface area contributed by atoms with Gasteiger partial charge in [-0.15, -0.1) is 0 Å². The summed E-state index contributed by atoms with van der Waals surface area (Å²) in [7, 11) is 0. The molecule has 0 bridgehead atoms. The van der Waals surface area contributed by atoms with E-state index in [0.717, 1.165) is 14.6 Å². The van der Waals surface area contributed by atoms with Crippen LogP contribution in [-0.2, 0) is 21.6 Å². The highest BCUT2D eigenvalue weighted by atomic mass is 79.9. The lowest BCUT2D eigenvalue weighted by Crippen LogP contribution is -2.51. The first-order valence-corrected chi connectivity index (χ1v) is 10.1. The predicted molar refractivity (Wildman–Crippen MR) is 113 cm³/mol. The number of halogens is 1. The third-order valence-corrected chi connectivity index (χ3v) is 5.79. The average molecular weight is 458 g/mol. The van der Waals surface area contributed by atoms with E-state index in [1.807, 2.05) is 24.3 Å². The molecule has 29 heavy (non-hydrogen) atoms. The molecule has 0 spiro atoms. The number of hydrogen-bond donors (Lipinski definition) is 2. The number of aromatic amines is 1. The quantitative estimate of drug-likeness (QED) is 0.628. The van der Waals surface area contributed by atoms with Crippen LogP contribution in [0.4, 0.5) is 0 Å². The van der Waals surface area contributed by atoms with Gasteiger partial charge in [0.15, 0.2) is 0 Å². The minimum atomic E-state index is -0.605. The molecule has 4 rings (SSSR count). The van der Waals surface area contributed by atoms with Gasteiger partial charge in [-0.3, -0.25) is 14.2 Å². The lowest BCUT2D eigenvalue weighted by Gasteiger charge is -2.38. The fraction of sp³-hybridized carbons (Fsp3) is 0.286. The number of amides is 1. The van der Waals surface area contributed by atoms with E-state index in [2.05, 4.69) is 26.2 Å². The van der Waals surface area contributed by atoms with Gasteiger partial charge in [-0.05, 0) is 42.7 Å². The molecule has 2 heterocycles. The number of fused-ring (bicyclic) bond motifs is 1. The summed E-state index contributed by atoms with van der Waals surface area (Å²) in [6.07, 6.45) is 1.22. The first-order chi connectivity index (χ1) is 14.0. The third kappa shape index (κ3) is 3.90. The summed E-state index contributed by atoms with van der Waals surface area (Å²) in [6.45, 7) is 0.683. The number of aromatic nitrogens is 2. The van der Waals surface area contributed by atoms with Crippen LogP contribution in [0.1, 0.15) is 18.4 Å². The van der Waals surface area contributed by atoms with Crippen LogP contribution in [0.2, 0.25) is 0 Å². The summed E-state index contributed by atoms with van der Waals surface area (Å²) in [4.78, 5) is 40.7. The van der Waals surface area contributed by atoms with E-state index in [4.69, 9.17) is 4.74 Å².